The van der Waals surface area contributed by atoms with Gasteiger partial charge in [-0.25, -0.2) is 4.99 Å². The number of benzene rings is 3. The summed E-state index contributed by atoms with van der Waals surface area (Å²) in [6, 6.07) is 24.9. The van der Waals surface area contributed by atoms with Crippen molar-refractivity contribution in [1.29, 1.82) is 5.26 Å². The molecular formula is C25H22N4O. The van der Waals surface area contributed by atoms with E-state index in [1.54, 1.807) is 12.1 Å². The third kappa shape index (κ3) is 3.69. The number of nitriles is 1. The van der Waals surface area contributed by atoms with Gasteiger partial charge in [-0.2, -0.15) is 5.26 Å². The Bertz CT molecular complexity index is 1290. The summed E-state index contributed by atoms with van der Waals surface area (Å²) in [5.41, 5.74) is 10.8. The smallest absolute Gasteiger partial charge is 0.199 e. The number of hydrogen-bond acceptors (Lipinski definition) is 4. The molecule has 0 saturated heterocycles. The predicted octanol–water partition coefficient (Wildman–Crippen LogP) is 5.11. The molecule has 0 saturated carbocycles. The highest BCUT2D eigenvalue weighted by atomic mass is 16.3. The van der Waals surface area contributed by atoms with Crippen LogP contribution >= 0.6 is 0 Å². The van der Waals surface area contributed by atoms with Gasteiger partial charge in [-0.05, 0) is 43.7 Å². The lowest BCUT2D eigenvalue weighted by Crippen LogP contribution is -2.28. The second kappa shape index (κ2) is 7.51. The number of fused-ring (bicyclic) bond motifs is 1. The number of aliphatic imine (C=N–C) groups is 1. The molecule has 0 atom stereocenters. The molecule has 0 aliphatic carbocycles. The highest BCUT2D eigenvalue weighted by molar-refractivity contribution is 6.21. The molecule has 0 unspecified atom stereocenters. The summed E-state index contributed by atoms with van der Waals surface area (Å²) in [4.78, 5) is 7.89. The fourth-order valence-corrected chi connectivity index (χ4v) is 3.46. The van der Waals surface area contributed by atoms with E-state index in [4.69, 9.17) is 10.7 Å². The van der Waals surface area contributed by atoms with Crippen molar-refractivity contribution in [3.8, 4) is 11.9 Å². The number of nitrogens with one attached hydrogen (secondary N) is 1. The molecule has 0 amide bonds. The van der Waals surface area contributed by atoms with Crippen LogP contribution in [0, 0.1) is 11.3 Å². The van der Waals surface area contributed by atoms with E-state index < -0.39 is 5.54 Å². The van der Waals surface area contributed by atoms with Crippen LogP contribution < -0.4 is 5.73 Å². The monoisotopic (exact) mass is 394 g/mol. The van der Waals surface area contributed by atoms with Crippen LogP contribution in [0.15, 0.2) is 77.8 Å². The Balaban J connectivity index is 1.96. The second-order valence-electron chi connectivity index (χ2n) is 7.82. The van der Waals surface area contributed by atoms with Gasteiger partial charge >= 0.3 is 0 Å². The van der Waals surface area contributed by atoms with Gasteiger partial charge in [0.2, 0.25) is 0 Å². The van der Waals surface area contributed by atoms with Crippen LogP contribution in [0.2, 0.25) is 0 Å². The Hall–Kier alpha value is -3.88. The van der Waals surface area contributed by atoms with Crippen LogP contribution in [0.3, 0.4) is 0 Å². The molecule has 5 heteroatoms. The first kappa shape index (κ1) is 19.4. The molecule has 3 aromatic carbocycles. The zero-order chi connectivity index (χ0) is 21.3. The van der Waals surface area contributed by atoms with E-state index in [1.165, 1.54) is 0 Å². The van der Waals surface area contributed by atoms with Crippen molar-refractivity contribution in [3.63, 3.8) is 0 Å². The van der Waals surface area contributed by atoms with Gasteiger partial charge in [0.25, 0.3) is 0 Å². The lowest BCUT2D eigenvalue weighted by Gasteiger charge is -2.19. The van der Waals surface area contributed by atoms with Crippen molar-refractivity contribution in [1.82, 2.24) is 4.98 Å². The van der Waals surface area contributed by atoms with Gasteiger partial charge < -0.3 is 15.8 Å². The molecule has 30 heavy (non-hydrogen) atoms. The van der Waals surface area contributed by atoms with Gasteiger partial charge in [0.15, 0.2) is 5.88 Å². The maximum atomic E-state index is 10.8. The summed E-state index contributed by atoms with van der Waals surface area (Å²) >= 11 is 0. The Kier molecular flexibility index (Phi) is 4.86. The SMILES string of the molecule is CC(C)(N)c1cccc(N=C(c2ccccc2)c2c(O)[nH]c3cc(C#N)ccc23)c1. The van der Waals surface area contributed by atoms with Crippen LogP contribution in [-0.4, -0.2) is 15.8 Å². The molecule has 0 spiro atoms. The van der Waals surface area contributed by atoms with Crippen molar-refractivity contribution in [2.75, 3.05) is 0 Å². The highest BCUT2D eigenvalue weighted by Gasteiger charge is 2.19. The quantitative estimate of drug-likeness (QED) is 0.420. The molecule has 1 aromatic heterocycles. The van der Waals surface area contributed by atoms with Crippen molar-refractivity contribution in [2.24, 2.45) is 10.7 Å². The number of aromatic hydroxyl groups is 1. The molecule has 0 aliphatic heterocycles. The first-order valence-corrected chi connectivity index (χ1v) is 9.65. The summed E-state index contributed by atoms with van der Waals surface area (Å²) in [7, 11) is 0. The lowest BCUT2D eigenvalue weighted by molar-refractivity contribution is 0.457. The maximum Gasteiger partial charge on any atom is 0.199 e. The predicted molar refractivity (Wildman–Crippen MR) is 120 cm³/mol. The van der Waals surface area contributed by atoms with Crippen molar-refractivity contribution >= 4 is 22.3 Å². The minimum atomic E-state index is -0.491. The Morgan fingerprint density at radius 2 is 1.80 bits per heavy atom. The fraction of sp³-hybridized carbons (Fsp3) is 0.120. The van der Waals surface area contributed by atoms with Crippen LogP contribution in [-0.2, 0) is 5.54 Å². The lowest BCUT2D eigenvalue weighted by atomic mass is 9.95. The summed E-state index contributed by atoms with van der Waals surface area (Å²) in [6.07, 6.45) is 0. The number of rotatable bonds is 4. The van der Waals surface area contributed by atoms with Gasteiger partial charge in [-0.15, -0.1) is 0 Å². The molecule has 0 bridgehead atoms. The zero-order valence-corrected chi connectivity index (χ0v) is 16.8. The van der Waals surface area contributed by atoms with Gasteiger partial charge in [0.1, 0.15) is 0 Å². The van der Waals surface area contributed by atoms with E-state index in [0.29, 0.717) is 22.4 Å². The minimum absolute atomic E-state index is 0.0120. The number of H-pyrrole nitrogens is 1. The first-order chi connectivity index (χ1) is 14.4. The molecule has 5 nitrogen and oxygen atoms in total. The maximum absolute atomic E-state index is 10.8. The molecule has 4 aromatic rings. The van der Waals surface area contributed by atoms with E-state index in [9.17, 15) is 10.4 Å². The minimum Gasteiger partial charge on any atom is -0.494 e. The molecular weight excluding hydrogens is 372 g/mol. The summed E-state index contributed by atoms with van der Waals surface area (Å²) in [5, 5.41) is 20.7. The molecule has 148 valence electrons. The van der Waals surface area contributed by atoms with E-state index in [-0.39, 0.29) is 5.88 Å². The summed E-state index contributed by atoms with van der Waals surface area (Å²) < 4.78 is 0. The van der Waals surface area contributed by atoms with Crippen LogP contribution in [0.4, 0.5) is 5.69 Å². The van der Waals surface area contributed by atoms with Crippen LogP contribution in [0.25, 0.3) is 10.9 Å². The highest BCUT2D eigenvalue weighted by Crippen LogP contribution is 2.32. The number of aromatic nitrogens is 1. The second-order valence-corrected chi connectivity index (χ2v) is 7.82. The van der Waals surface area contributed by atoms with Crippen molar-refractivity contribution in [2.45, 2.75) is 19.4 Å². The summed E-state index contributed by atoms with van der Waals surface area (Å²) in [6.45, 7) is 3.90. The third-order valence-electron chi connectivity index (χ3n) is 5.02. The van der Waals surface area contributed by atoms with Gasteiger partial charge in [0, 0.05) is 16.5 Å². The number of nitrogens with zero attached hydrogens (tertiary/aromatic N) is 2. The van der Waals surface area contributed by atoms with Crippen LogP contribution in [0.5, 0.6) is 5.88 Å². The third-order valence-corrected chi connectivity index (χ3v) is 5.02. The van der Waals surface area contributed by atoms with Gasteiger partial charge in [-0.3, -0.25) is 0 Å². The molecule has 1 heterocycles. The Morgan fingerprint density at radius 3 is 2.50 bits per heavy atom. The fourth-order valence-electron chi connectivity index (χ4n) is 3.46. The van der Waals surface area contributed by atoms with E-state index in [0.717, 1.165) is 22.2 Å². The number of aromatic amines is 1. The van der Waals surface area contributed by atoms with E-state index >= 15 is 0 Å². The van der Waals surface area contributed by atoms with Gasteiger partial charge in [0.05, 0.1) is 34.1 Å². The molecule has 0 aliphatic rings. The van der Waals surface area contributed by atoms with Crippen molar-refractivity contribution in [3.05, 3.63) is 95.1 Å². The van der Waals surface area contributed by atoms with E-state index in [2.05, 4.69) is 11.1 Å². The Morgan fingerprint density at radius 1 is 1.03 bits per heavy atom. The van der Waals surface area contributed by atoms with Gasteiger partial charge in [-0.1, -0.05) is 48.5 Å². The Labute approximate surface area is 175 Å². The number of hydrogen-bond donors (Lipinski definition) is 3. The molecule has 0 fully saturated rings. The standard InChI is InChI=1S/C25H22N4O/c1-25(2,27)18-9-6-10-19(14-18)28-23(17-7-4-3-5-8-17)22-20-12-11-16(15-26)13-21(20)29-24(22)30/h3-14,29-30H,27H2,1-2H3. The molecule has 4 rings (SSSR count). The average Bonchev–Trinajstić information content (AvgIpc) is 3.07. The topological polar surface area (TPSA) is 98.2 Å². The average molecular weight is 394 g/mol. The molecule has 4 N–H and O–H groups in total. The molecule has 0 radical (unpaired) electrons. The summed E-state index contributed by atoms with van der Waals surface area (Å²) in [5.74, 6) is 0.0120. The largest absolute Gasteiger partial charge is 0.494 e. The van der Waals surface area contributed by atoms with E-state index in [1.807, 2.05) is 74.5 Å². The zero-order valence-electron chi connectivity index (χ0n) is 16.8. The van der Waals surface area contributed by atoms with Crippen molar-refractivity contribution < 1.29 is 5.11 Å². The number of nitrogens with two attached hydrogens (primary N) is 1. The van der Waals surface area contributed by atoms with Crippen LogP contribution in [0.1, 0.15) is 36.1 Å². The normalized spacial score (nSPS) is 12.1. The first-order valence-electron chi connectivity index (χ1n) is 9.65.